The standard InChI is InChI=1S/C11H11F2N3OS/c12-10(13)5-17-4-8-7(2-1-3-15-8)9-6-18-11(14)16-9/h1-3,6,10H,4-5H2,(H2,14,16). The predicted octanol–water partition coefficient (Wildman–Crippen LogP) is 2.57. The van der Waals surface area contributed by atoms with Gasteiger partial charge in [-0.15, -0.1) is 11.3 Å². The molecule has 0 aliphatic heterocycles. The van der Waals surface area contributed by atoms with Gasteiger partial charge < -0.3 is 10.5 Å². The molecule has 0 aliphatic rings. The molecular formula is C11H11F2N3OS. The van der Waals surface area contributed by atoms with Crippen LogP contribution >= 0.6 is 11.3 Å². The molecule has 0 bridgehead atoms. The summed E-state index contributed by atoms with van der Waals surface area (Å²) < 4.78 is 28.9. The predicted molar refractivity (Wildman–Crippen MR) is 65.4 cm³/mol. The lowest BCUT2D eigenvalue weighted by Gasteiger charge is -2.07. The van der Waals surface area contributed by atoms with Crippen molar-refractivity contribution in [1.82, 2.24) is 9.97 Å². The maximum Gasteiger partial charge on any atom is 0.261 e. The molecule has 2 N–H and O–H groups in total. The van der Waals surface area contributed by atoms with E-state index >= 15 is 0 Å². The number of nitrogen functional groups attached to an aromatic ring is 1. The van der Waals surface area contributed by atoms with E-state index < -0.39 is 13.0 Å². The molecule has 2 rings (SSSR count). The number of nitrogens with zero attached hydrogens (tertiary/aromatic N) is 2. The zero-order chi connectivity index (χ0) is 13.0. The summed E-state index contributed by atoms with van der Waals surface area (Å²) in [5, 5.41) is 2.25. The third kappa shape index (κ3) is 3.21. The molecule has 2 aromatic rings. The van der Waals surface area contributed by atoms with Crippen LogP contribution in [0.4, 0.5) is 13.9 Å². The highest BCUT2D eigenvalue weighted by Crippen LogP contribution is 2.25. The van der Waals surface area contributed by atoms with E-state index in [1.807, 2.05) is 6.07 Å². The molecule has 0 fully saturated rings. The average molecular weight is 271 g/mol. The first-order valence-corrected chi connectivity index (χ1v) is 6.06. The Morgan fingerprint density at radius 3 is 2.94 bits per heavy atom. The Bertz CT molecular complexity index is 518. The lowest BCUT2D eigenvalue weighted by Crippen LogP contribution is -2.06. The number of halogens is 2. The van der Waals surface area contributed by atoms with Crippen LogP contribution < -0.4 is 5.73 Å². The number of anilines is 1. The topological polar surface area (TPSA) is 61.0 Å². The quantitative estimate of drug-likeness (QED) is 0.908. The number of ether oxygens (including phenoxy) is 1. The smallest absolute Gasteiger partial charge is 0.261 e. The lowest BCUT2D eigenvalue weighted by atomic mass is 10.1. The van der Waals surface area contributed by atoms with E-state index in [0.717, 1.165) is 5.56 Å². The summed E-state index contributed by atoms with van der Waals surface area (Å²) in [7, 11) is 0. The van der Waals surface area contributed by atoms with Gasteiger partial charge in [-0.1, -0.05) is 0 Å². The second kappa shape index (κ2) is 5.83. The second-order valence-electron chi connectivity index (χ2n) is 3.47. The Balaban J connectivity index is 2.15. The van der Waals surface area contributed by atoms with Gasteiger partial charge in [0.2, 0.25) is 0 Å². The molecule has 18 heavy (non-hydrogen) atoms. The lowest BCUT2D eigenvalue weighted by molar-refractivity contribution is 0.00898. The molecule has 0 aromatic carbocycles. The first kappa shape index (κ1) is 12.8. The molecule has 0 saturated heterocycles. The van der Waals surface area contributed by atoms with Crippen LogP contribution in [0.5, 0.6) is 0 Å². The number of nitrogens with two attached hydrogens (primary N) is 1. The van der Waals surface area contributed by atoms with E-state index in [9.17, 15) is 8.78 Å². The summed E-state index contributed by atoms with van der Waals surface area (Å²) >= 11 is 1.31. The molecule has 0 saturated carbocycles. The van der Waals surface area contributed by atoms with Gasteiger partial charge in [-0.05, 0) is 12.1 Å². The summed E-state index contributed by atoms with van der Waals surface area (Å²) in [5.41, 5.74) is 7.57. The van der Waals surface area contributed by atoms with Crippen molar-refractivity contribution in [3.63, 3.8) is 0 Å². The first-order chi connectivity index (χ1) is 8.66. The summed E-state index contributed by atoms with van der Waals surface area (Å²) in [5.74, 6) is 0. The van der Waals surface area contributed by atoms with Crippen molar-refractivity contribution in [3.05, 3.63) is 29.4 Å². The molecule has 0 atom stereocenters. The van der Waals surface area contributed by atoms with E-state index in [1.54, 1.807) is 17.6 Å². The summed E-state index contributed by atoms with van der Waals surface area (Å²) in [4.78, 5) is 8.25. The van der Waals surface area contributed by atoms with Crippen LogP contribution in [0.1, 0.15) is 5.69 Å². The average Bonchev–Trinajstić information content (AvgIpc) is 2.76. The molecule has 0 aliphatic carbocycles. The van der Waals surface area contributed by atoms with Crippen LogP contribution in [-0.2, 0) is 11.3 Å². The van der Waals surface area contributed by atoms with Gasteiger partial charge in [0.1, 0.15) is 6.61 Å². The van der Waals surface area contributed by atoms with E-state index in [1.165, 1.54) is 11.3 Å². The number of thiazole rings is 1. The van der Waals surface area contributed by atoms with Gasteiger partial charge in [-0.25, -0.2) is 13.8 Å². The van der Waals surface area contributed by atoms with Gasteiger partial charge >= 0.3 is 0 Å². The highest BCUT2D eigenvalue weighted by molar-refractivity contribution is 7.13. The fraction of sp³-hybridized carbons (Fsp3) is 0.273. The Labute approximate surface area is 106 Å². The normalized spacial score (nSPS) is 11.1. The molecule has 2 heterocycles. The summed E-state index contributed by atoms with van der Waals surface area (Å²) in [6.45, 7) is -0.576. The Hall–Kier alpha value is -1.60. The van der Waals surface area contributed by atoms with Crippen LogP contribution in [0.2, 0.25) is 0 Å². The summed E-state index contributed by atoms with van der Waals surface area (Å²) in [6, 6.07) is 3.56. The van der Waals surface area contributed by atoms with Crippen molar-refractivity contribution < 1.29 is 13.5 Å². The maximum absolute atomic E-state index is 12.0. The van der Waals surface area contributed by atoms with E-state index in [-0.39, 0.29) is 6.61 Å². The molecule has 0 unspecified atom stereocenters. The molecular weight excluding hydrogens is 260 g/mol. The molecule has 0 amide bonds. The van der Waals surface area contributed by atoms with Gasteiger partial charge in [0.05, 0.1) is 18.0 Å². The van der Waals surface area contributed by atoms with Crippen LogP contribution in [-0.4, -0.2) is 23.0 Å². The van der Waals surface area contributed by atoms with Gasteiger partial charge in [0.15, 0.2) is 5.13 Å². The van der Waals surface area contributed by atoms with E-state index in [2.05, 4.69) is 9.97 Å². The zero-order valence-corrected chi connectivity index (χ0v) is 10.2. The minimum Gasteiger partial charge on any atom is -0.375 e. The van der Waals surface area contributed by atoms with Gasteiger partial charge in [0, 0.05) is 17.1 Å². The first-order valence-electron chi connectivity index (χ1n) is 5.18. The van der Waals surface area contributed by atoms with Gasteiger partial charge in [-0.2, -0.15) is 0 Å². The van der Waals surface area contributed by atoms with Crippen LogP contribution in [0.15, 0.2) is 23.7 Å². The SMILES string of the molecule is Nc1nc(-c2cccnc2COCC(F)F)cs1. The van der Waals surface area contributed by atoms with Crippen molar-refractivity contribution in [3.8, 4) is 11.3 Å². The third-order valence-electron chi connectivity index (χ3n) is 2.17. The molecule has 0 radical (unpaired) electrons. The number of pyridine rings is 1. The zero-order valence-electron chi connectivity index (χ0n) is 9.35. The number of rotatable bonds is 5. The highest BCUT2D eigenvalue weighted by atomic mass is 32.1. The van der Waals surface area contributed by atoms with Crippen molar-refractivity contribution in [2.24, 2.45) is 0 Å². The molecule has 7 heteroatoms. The number of alkyl halides is 2. The number of hydrogen-bond acceptors (Lipinski definition) is 5. The fourth-order valence-corrected chi connectivity index (χ4v) is 2.01. The van der Waals surface area contributed by atoms with E-state index in [0.29, 0.717) is 16.5 Å². The largest absolute Gasteiger partial charge is 0.375 e. The molecule has 0 spiro atoms. The Morgan fingerprint density at radius 1 is 1.44 bits per heavy atom. The third-order valence-corrected chi connectivity index (χ3v) is 2.84. The van der Waals surface area contributed by atoms with Gasteiger partial charge in [0.25, 0.3) is 6.43 Å². The molecule has 96 valence electrons. The fourth-order valence-electron chi connectivity index (χ4n) is 1.44. The minimum atomic E-state index is -2.48. The second-order valence-corrected chi connectivity index (χ2v) is 4.36. The van der Waals surface area contributed by atoms with Crippen molar-refractivity contribution in [1.29, 1.82) is 0 Å². The van der Waals surface area contributed by atoms with Gasteiger partial charge in [-0.3, -0.25) is 4.98 Å². The Kier molecular flexibility index (Phi) is 4.16. The molecule has 2 aromatic heterocycles. The number of aromatic nitrogens is 2. The maximum atomic E-state index is 12.0. The Morgan fingerprint density at radius 2 is 2.28 bits per heavy atom. The highest BCUT2D eigenvalue weighted by Gasteiger charge is 2.10. The monoisotopic (exact) mass is 271 g/mol. The minimum absolute atomic E-state index is 0.0257. The van der Waals surface area contributed by atoms with Crippen LogP contribution in [0.25, 0.3) is 11.3 Å². The van der Waals surface area contributed by atoms with Crippen molar-refractivity contribution in [2.75, 3.05) is 12.3 Å². The van der Waals surface area contributed by atoms with Crippen molar-refractivity contribution in [2.45, 2.75) is 13.0 Å². The molecule has 4 nitrogen and oxygen atoms in total. The van der Waals surface area contributed by atoms with Crippen LogP contribution in [0, 0.1) is 0 Å². The summed E-state index contributed by atoms with van der Waals surface area (Å²) in [6.07, 6.45) is -0.896. The van der Waals surface area contributed by atoms with E-state index in [4.69, 9.17) is 10.5 Å². The van der Waals surface area contributed by atoms with Crippen LogP contribution in [0.3, 0.4) is 0 Å². The number of hydrogen-bond donors (Lipinski definition) is 1. The van der Waals surface area contributed by atoms with Crippen molar-refractivity contribution >= 4 is 16.5 Å².